The zero-order chi connectivity index (χ0) is 25.2. The highest BCUT2D eigenvalue weighted by atomic mass is 16.6. The highest BCUT2D eigenvalue weighted by molar-refractivity contribution is 6.04. The molecule has 186 valence electrons. The van der Waals surface area contributed by atoms with E-state index in [2.05, 4.69) is 10.6 Å². The van der Waals surface area contributed by atoms with Crippen LogP contribution in [0.4, 0.5) is 10.5 Å². The summed E-state index contributed by atoms with van der Waals surface area (Å²) in [5.74, 6) is -0.299. The highest BCUT2D eigenvalue weighted by Gasteiger charge is 2.26. The van der Waals surface area contributed by atoms with Crippen LogP contribution in [0.25, 0.3) is 0 Å². The van der Waals surface area contributed by atoms with Gasteiger partial charge in [-0.1, -0.05) is 18.2 Å². The second kappa shape index (κ2) is 12.4. The summed E-state index contributed by atoms with van der Waals surface area (Å²) >= 11 is 0. The third-order valence-electron chi connectivity index (χ3n) is 5.49. The number of nitrogens with one attached hydrogen (secondary N) is 2. The molecule has 0 aliphatic carbocycles. The fraction of sp³-hybridized carbons (Fsp3) is 0.360. The lowest BCUT2D eigenvalue weighted by Gasteiger charge is -2.34. The molecule has 1 aliphatic rings. The minimum atomic E-state index is -0.384. The monoisotopic (exact) mass is 482 g/mol. The predicted molar refractivity (Wildman–Crippen MR) is 130 cm³/mol. The topological polar surface area (TPSA) is 117 Å². The van der Waals surface area contributed by atoms with Gasteiger partial charge in [0.15, 0.2) is 0 Å². The Bertz CT molecular complexity index is 1070. The van der Waals surface area contributed by atoms with E-state index < -0.39 is 0 Å². The van der Waals surface area contributed by atoms with E-state index in [1.54, 1.807) is 65.3 Å². The molecule has 1 aliphatic heterocycles. The summed E-state index contributed by atoms with van der Waals surface area (Å²) < 4.78 is 10.1. The first kappa shape index (κ1) is 25.5. The number of ether oxygens (including phenoxy) is 2. The van der Waals surface area contributed by atoms with Crippen LogP contribution in [0, 0.1) is 0 Å². The average Bonchev–Trinajstić information content (AvgIpc) is 2.88. The van der Waals surface area contributed by atoms with Gasteiger partial charge in [-0.15, -0.1) is 0 Å². The van der Waals surface area contributed by atoms with Crippen molar-refractivity contribution in [2.45, 2.75) is 13.3 Å². The molecule has 0 aromatic heterocycles. The van der Waals surface area contributed by atoms with Gasteiger partial charge in [-0.25, -0.2) is 4.79 Å². The maximum absolute atomic E-state index is 13.1. The van der Waals surface area contributed by atoms with Crippen molar-refractivity contribution in [3.05, 3.63) is 59.7 Å². The van der Waals surface area contributed by atoms with Crippen molar-refractivity contribution in [2.75, 3.05) is 51.8 Å². The summed E-state index contributed by atoms with van der Waals surface area (Å²) in [6.45, 7) is 3.69. The first-order valence-electron chi connectivity index (χ1n) is 11.4. The first-order chi connectivity index (χ1) is 16.9. The summed E-state index contributed by atoms with van der Waals surface area (Å²) in [5.41, 5.74) is 1.20. The highest BCUT2D eigenvalue weighted by Crippen LogP contribution is 2.19. The van der Waals surface area contributed by atoms with Gasteiger partial charge in [0.25, 0.3) is 11.8 Å². The lowest BCUT2D eigenvalue weighted by molar-refractivity contribution is -0.116. The number of anilines is 1. The van der Waals surface area contributed by atoms with Crippen LogP contribution in [0.15, 0.2) is 48.5 Å². The van der Waals surface area contributed by atoms with Crippen LogP contribution < -0.4 is 15.4 Å². The minimum absolute atomic E-state index is 0.0381. The Kier molecular flexibility index (Phi) is 9.05. The van der Waals surface area contributed by atoms with Crippen LogP contribution >= 0.6 is 0 Å². The van der Waals surface area contributed by atoms with Gasteiger partial charge in [-0.05, 0) is 37.3 Å². The second-order valence-corrected chi connectivity index (χ2v) is 7.81. The van der Waals surface area contributed by atoms with Crippen molar-refractivity contribution in [2.24, 2.45) is 0 Å². The Morgan fingerprint density at radius 1 is 0.943 bits per heavy atom. The number of methoxy groups -OCH3 is 1. The molecular weight excluding hydrogens is 452 g/mol. The van der Waals surface area contributed by atoms with E-state index in [-0.39, 0.29) is 36.8 Å². The fourth-order valence-corrected chi connectivity index (χ4v) is 3.62. The first-order valence-corrected chi connectivity index (χ1v) is 11.4. The van der Waals surface area contributed by atoms with Crippen LogP contribution in [0.3, 0.4) is 0 Å². The molecule has 0 unspecified atom stereocenters. The van der Waals surface area contributed by atoms with Crippen LogP contribution in [0.5, 0.6) is 5.75 Å². The minimum Gasteiger partial charge on any atom is -0.497 e. The molecule has 0 atom stereocenters. The van der Waals surface area contributed by atoms with Crippen LogP contribution in [0.2, 0.25) is 0 Å². The van der Waals surface area contributed by atoms with E-state index in [4.69, 9.17) is 9.47 Å². The summed E-state index contributed by atoms with van der Waals surface area (Å²) in [7, 11) is 1.52. The van der Waals surface area contributed by atoms with Gasteiger partial charge >= 0.3 is 6.09 Å². The molecule has 1 fully saturated rings. The van der Waals surface area contributed by atoms with Gasteiger partial charge in [-0.3, -0.25) is 14.4 Å². The second-order valence-electron chi connectivity index (χ2n) is 7.81. The summed E-state index contributed by atoms with van der Waals surface area (Å²) in [5, 5.41) is 5.47. The van der Waals surface area contributed by atoms with Crippen LogP contribution in [0.1, 0.15) is 34.1 Å². The molecular formula is C25H30N4O6. The van der Waals surface area contributed by atoms with Crippen molar-refractivity contribution in [1.29, 1.82) is 0 Å². The number of nitrogens with zero attached hydrogens (tertiary/aromatic N) is 2. The van der Waals surface area contributed by atoms with Gasteiger partial charge in [0.2, 0.25) is 5.91 Å². The fourth-order valence-electron chi connectivity index (χ4n) is 3.62. The summed E-state index contributed by atoms with van der Waals surface area (Å²) in [4.78, 5) is 53.0. The quantitative estimate of drug-likeness (QED) is 0.597. The predicted octanol–water partition coefficient (Wildman–Crippen LogP) is 2.37. The zero-order valence-corrected chi connectivity index (χ0v) is 19.9. The average molecular weight is 483 g/mol. The van der Waals surface area contributed by atoms with E-state index in [1.807, 2.05) is 0 Å². The normalized spacial score (nSPS) is 13.1. The SMILES string of the molecule is CCOC(=O)N1CCN(C(=O)c2ccccc2NC(=O)CCNC(=O)c2cccc(OC)c2)CC1. The molecule has 1 heterocycles. The third-order valence-corrected chi connectivity index (χ3v) is 5.49. The number of rotatable bonds is 8. The van der Waals surface area contributed by atoms with Crippen LogP contribution in [-0.4, -0.2) is 80.1 Å². The molecule has 0 bridgehead atoms. The van der Waals surface area contributed by atoms with Crippen molar-refractivity contribution < 1.29 is 28.7 Å². The van der Waals surface area contributed by atoms with Gasteiger partial charge < -0.3 is 29.9 Å². The Labute approximate surface area is 204 Å². The van der Waals surface area contributed by atoms with E-state index in [9.17, 15) is 19.2 Å². The number of amides is 4. The summed E-state index contributed by atoms with van der Waals surface area (Å²) in [6, 6.07) is 13.5. The van der Waals surface area contributed by atoms with Crippen LogP contribution in [-0.2, 0) is 9.53 Å². The number of hydrogen-bond acceptors (Lipinski definition) is 6. The molecule has 0 spiro atoms. The van der Waals surface area contributed by atoms with Gasteiger partial charge in [0.05, 0.1) is 25.0 Å². The van der Waals surface area contributed by atoms with E-state index >= 15 is 0 Å². The Morgan fingerprint density at radius 3 is 2.37 bits per heavy atom. The lowest BCUT2D eigenvalue weighted by atomic mass is 10.1. The number of carbonyl (C=O) groups is 4. The number of benzene rings is 2. The summed E-state index contributed by atoms with van der Waals surface area (Å²) in [6.07, 6.45) is -0.345. The Balaban J connectivity index is 1.52. The van der Waals surface area contributed by atoms with Crippen molar-refractivity contribution in [3.8, 4) is 5.75 Å². The van der Waals surface area contributed by atoms with Gasteiger partial charge in [0.1, 0.15) is 5.75 Å². The molecule has 2 aromatic rings. The van der Waals surface area contributed by atoms with Gasteiger partial charge in [0, 0.05) is 44.7 Å². The number of para-hydroxylation sites is 1. The standard InChI is InChI=1S/C25H30N4O6/c1-3-35-25(33)29-15-13-28(14-16-29)24(32)20-9-4-5-10-21(20)27-22(30)11-12-26-23(31)18-7-6-8-19(17-18)34-2/h4-10,17H,3,11-16H2,1-2H3,(H,26,31)(H,27,30). The molecule has 10 nitrogen and oxygen atoms in total. The van der Waals surface area contributed by atoms with Crippen molar-refractivity contribution in [1.82, 2.24) is 15.1 Å². The number of piperazine rings is 1. The zero-order valence-electron chi connectivity index (χ0n) is 19.9. The largest absolute Gasteiger partial charge is 0.497 e. The molecule has 0 radical (unpaired) electrons. The molecule has 1 saturated heterocycles. The van der Waals surface area contributed by atoms with E-state index in [0.29, 0.717) is 55.3 Å². The van der Waals surface area contributed by atoms with Crippen molar-refractivity contribution >= 4 is 29.5 Å². The number of carbonyl (C=O) groups excluding carboxylic acids is 4. The van der Waals surface area contributed by atoms with E-state index in [1.165, 1.54) is 7.11 Å². The molecule has 2 N–H and O–H groups in total. The molecule has 3 rings (SSSR count). The third kappa shape index (κ3) is 6.95. The maximum atomic E-state index is 13.1. The molecule has 4 amide bonds. The molecule has 35 heavy (non-hydrogen) atoms. The van der Waals surface area contributed by atoms with Crippen molar-refractivity contribution in [3.63, 3.8) is 0 Å². The number of hydrogen-bond donors (Lipinski definition) is 2. The van der Waals surface area contributed by atoms with Gasteiger partial charge in [-0.2, -0.15) is 0 Å². The Hall–Kier alpha value is -4.08. The lowest BCUT2D eigenvalue weighted by Crippen LogP contribution is -2.50. The molecule has 10 heteroatoms. The molecule has 2 aromatic carbocycles. The maximum Gasteiger partial charge on any atom is 0.409 e. The molecule has 0 saturated carbocycles. The smallest absolute Gasteiger partial charge is 0.409 e. The Morgan fingerprint density at radius 2 is 1.66 bits per heavy atom. The van der Waals surface area contributed by atoms with E-state index in [0.717, 1.165) is 0 Å².